The molecule has 0 saturated heterocycles. The van der Waals surface area contributed by atoms with Crippen LogP contribution in [-0.4, -0.2) is 47.8 Å². The van der Waals surface area contributed by atoms with Crippen LogP contribution in [0.15, 0.2) is 72.8 Å². The van der Waals surface area contributed by atoms with E-state index in [4.69, 9.17) is 9.47 Å². The summed E-state index contributed by atoms with van der Waals surface area (Å²) in [7, 11) is 0. The van der Waals surface area contributed by atoms with Crippen molar-refractivity contribution in [2.45, 2.75) is 0 Å². The van der Waals surface area contributed by atoms with Gasteiger partial charge in [-0.1, -0.05) is 24.3 Å². The quantitative estimate of drug-likeness (QED) is 0.179. The lowest BCUT2D eigenvalue weighted by atomic mass is 10.1. The van der Waals surface area contributed by atoms with E-state index in [1.807, 2.05) is 0 Å². The molecule has 8 rings (SSSR count). The molecule has 0 aliphatic carbocycles. The van der Waals surface area contributed by atoms with E-state index in [2.05, 4.69) is 18.9 Å². The second-order valence-electron chi connectivity index (χ2n) is 9.63. The second kappa shape index (κ2) is 10.3. The number of hydrogen-bond acceptors (Lipinski definition) is 14. The first-order valence-corrected chi connectivity index (χ1v) is 13.1. The van der Waals surface area contributed by atoms with Gasteiger partial charge in [0.1, 0.15) is 45.3 Å². The van der Waals surface area contributed by atoms with Gasteiger partial charge in [0.2, 0.25) is 0 Å². The summed E-state index contributed by atoms with van der Waals surface area (Å²) in [6, 6.07) is 17.6. The number of ether oxygens (including phenoxy) is 6. The molecule has 0 N–H and O–H groups in total. The topological polar surface area (TPSA) is 192 Å². The molecular formula is C32H12O14. The zero-order valence-corrected chi connectivity index (χ0v) is 22.6. The monoisotopic (exact) mass is 620 g/mol. The molecule has 4 aliphatic rings. The maximum absolute atomic E-state index is 11.8. The highest BCUT2D eigenvalue weighted by atomic mass is 16.6. The lowest BCUT2D eigenvalue weighted by molar-refractivity contribution is 0.0423. The molecule has 14 nitrogen and oxygen atoms in total. The van der Waals surface area contributed by atoms with Gasteiger partial charge < -0.3 is 28.4 Å². The Hall–Kier alpha value is -6.96. The van der Waals surface area contributed by atoms with Crippen molar-refractivity contribution in [2.75, 3.05) is 0 Å². The molecule has 0 spiro atoms. The molecule has 0 fully saturated rings. The fourth-order valence-corrected chi connectivity index (χ4v) is 4.99. The number of benzene rings is 4. The summed E-state index contributed by atoms with van der Waals surface area (Å²) in [4.78, 5) is 93.3. The first-order chi connectivity index (χ1) is 22.1. The summed E-state index contributed by atoms with van der Waals surface area (Å²) < 4.78 is 29.3. The maximum atomic E-state index is 11.8. The molecule has 0 saturated carbocycles. The van der Waals surface area contributed by atoms with Gasteiger partial charge in [0.15, 0.2) is 0 Å². The molecule has 0 radical (unpaired) electrons. The van der Waals surface area contributed by atoms with Crippen molar-refractivity contribution in [1.29, 1.82) is 0 Å². The number of esters is 8. The zero-order chi connectivity index (χ0) is 32.3. The summed E-state index contributed by atoms with van der Waals surface area (Å²) in [6.07, 6.45) is 0. The lowest BCUT2D eigenvalue weighted by Crippen LogP contribution is -2.01. The van der Waals surface area contributed by atoms with Crippen molar-refractivity contribution in [3.8, 4) is 23.0 Å². The van der Waals surface area contributed by atoms with E-state index in [1.165, 1.54) is 72.8 Å². The molecule has 0 atom stereocenters. The third kappa shape index (κ3) is 4.36. The molecule has 46 heavy (non-hydrogen) atoms. The van der Waals surface area contributed by atoms with Gasteiger partial charge in [-0.2, -0.15) is 0 Å². The summed E-state index contributed by atoms with van der Waals surface area (Å²) in [5.74, 6) is -6.13. The Morgan fingerprint density at radius 2 is 0.522 bits per heavy atom. The number of carbonyl (C=O) groups is 8. The van der Waals surface area contributed by atoms with Gasteiger partial charge in [-0.25, -0.2) is 38.4 Å². The van der Waals surface area contributed by atoms with E-state index >= 15 is 0 Å². The van der Waals surface area contributed by atoms with Crippen LogP contribution in [0.1, 0.15) is 82.9 Å². The van der Waals surface area contributed by atoms with Crippen molar-refractivity contribution >= 4 is 47.8 Å². The van der Waals surface area contributed by atoms with Crippen LogP contribution in [-0.2, 0) is 18.9 Å². The molecule has 4 aromatic rings. The fourth-order valence-electron chi connectivity index (χ4n) is 4.99. The van der Waals surface area contributed by atoms with Gasteiger partial charge in [-0.15, -0.1) is 0 Å². The van der Waals surface area contributed by atoms with Crippen molar-refractivity contribution in [3.63, 3.8) is 0 Å². The van der Waals surface area contributed by atoms with Gasteiger partial charge >= 0.3 is 47.8 Å². The average Bonchev–Trinajstić information content (AvgIpc) is 3.71. The molecule has 4 aliphatic heterocycles. The van der Waals surface area contributed by atoms with Crippen LogP contribution in [0, 0.1) is 0 Å². The van der Waals surface area contributed by atoms with Crippen molar-refractivity contribution in [3.05, 3.63) is 117 Å². The predicted molar refractivity (Wildman–Crippen MR) is 145 cm³/mol. The molecule has 4 aromatic carbocycles. The largest absolute Gasteiger partial charge is 0.455 e. The molecule has 224 valence electrons. The van der Waals surface area contributed by atoms with E-state index in [-0.39, 0.29) is 67.5 Å². The van der Waals surface area contributed by atoms with Gasteiger partial charge in [-0.3, -0.25) is 0 Å². The van der Waals surface area contributed by atoms with E-state index < -0.39 is 47.8 Å². The second-order valence-corrected chi connectivity index (χ2v) is 9.63. The predicted octanol–water partition coefficient (Wildman–Crippen LogP) is 4.20. The highest BCUT2D eigenvalue weighted by Gasteiger charge is 2.38. The van der Waals surface area contributed by atoms with E-state index in [0.29, 0.717) is 0 Å². The number of rotatable bonds is 4. The van der Waals surface area contributed by atoms with Gasteiger partial charge in [0.05, 0.1) is 22.3 Å². The molecule has 0 amide bonds. The Morgan fingerprint density at radius 1 is 0.304 bits per heavy atom. The Kier molecular flexibility index (Phi) is 6.26. The zero-order valence-electron chi connectivity index (χ0n) is 22.6. The van der Waals surface area contributed by atoms with Crippen molar-refractivity contribution in [2.24, 2.45) is 0 Å². The first kappa shape index (κ1) is 27.8. The number of fused-ring (bicyclic) bond motifs is 4. The Bertz CT molecular complexity index is 1850. The fraction of sp³-hybridized carbons (Fsp3) is 0. The van der Waals surface area contributed by atoms with Crippen LogP contribution >= 0.6 is 0 Å². The first-order valence-electron chi connectivity index (χ1n) is 13.1. The molecule has 4 heterocycles. The molecule has 14 heteroatoms. The van der Waals surface area contributed by atoms with Gasteiger partial charge in [0, 0.05) is 0 Å². The normalized spacial score (nSPS) is 15.1. The third-order valence-corrected chi connectivity index (χ3v) is 6.98. The van der Waals surface area contributed by atoms with E-state index in [0.717, 1.165) is 0 Å². The van der Waals surface area contributed by atoms with Crippen LogP contribution in [0.3, 0.4) is 0 Å². The minimum Gasteiger partial charge on any atom is -0.455 e. The van der Waals surface area contributed by atoms with Crippen LogP contribution in [0.2, 0.25) is 0 Å². The Balaban J connectivity index is 0.000000147. The summed E-state index contributed by atoms with van der Waals surface area (Å²) >= 11 is 0. The maximum Gasteiger partial charge on any atom is 0.350 e. The number of hydrogen-bond donors (Lipinski definition) is 0. The number of carbonyl (C=O) groups excluding carboxylic acids is 8. The summed E-state index contributed by atoms with van der Waals surface area (Å²) in [5.41, 5.74) is 0.246. The smallest absolute Gasteiger partial charge is 0.350 e. The highest BCUT2D eigenvalue weighted by Crippen LogP contribution is 2.38. The van der Waals surface area contributed by atoms with Crippen LogP contribution in [0.4, 0.5) is 0 Å². The van der Waals surface area contributed by atoms with Crippen LogP contribution < -0.4 is 9.47 Å². The van der Waals surface area contributed by atoms with Crippen molar-refractivity contribution < 1.29 is 66.8 Å². The average molecular weight is 620 g/mol. The van der Waals surface area contributed by atoms with Crippen LogP contribution in [0.5, 0.6) is 23.0 Å². The van der Waals surface area contributed by atoms with Gasteiger partial charge in [0.25, 0.3) is 0 Å². The summed E-state index contributed by atoms with van der Waals surface area (Å²) in [5, 5.41) is 0. The number of cyclic esters (lactones) is 8. The molecule has 0 unspecified atom stereocenters. The molecule has 0 aromatic heterocycles. The highest BCUT2D eigenvalue weighted by molar-refractivity contribution is 6.18. The molecular weight excluding hydrogens is 608 g/mol. The SMILES string of the molecule is O=C1OC(=O)c2c(Oc3cccc4c3C(=O)OC4=O)cccc21.O=C1OC(=O)c2c(Oc3cccc4c3C(=O)OC4=O)cccc21. The standard InChI is InChI=1S/2C16H6O7/c2*17-13-7-3-1-5-9(11(7)15(19)22-13)21-10-6-2-4-8-12(10)16(20)23-14(8)18/h2*1-6H. The minimum atomic E-state index is -0.827. The van der Waals surface area contributed by atoms with Crippen molar-refractivity contribution in [1.82, 2.24) is 0 Å². The summed E-state index contributed by atoms with van der Waals surface area (Å²) in [6.45, 7) is 0. The van der Waals surface area contributed by atoms with E-state index in [9.17, 15) is 38.4 Å². The Labute approximate surface area is 254 Å². The minimum absolute atomic E-state index is 0.0206. The lowest BCUT2D eigenvalue weighted by Gasteiger charge is -2.09. The van der Waals surface area contributed by atoms with Gasteiger partial charge in [-0.05, 0) is 48.5 Å². The third-order valence-electron chi connectivity index (χ3n) is 6.98. The van der Waals surface area contributed by atoms with E-state index in [1.54, 1.807) is 0 Å². The Morgan fingerprint density at radius 3 is 0.739 bits per heavy atom. The van der Waals surface area contributed by atoms with Crippen LogP contribution in [0.25, 0.3) is 0 Å². The molecule has 0 bridgehead atoms.